The number of nitrogens with zero attached hydrogens (tertiary/aromatic N) is 5. The van der Waals surface area contributed by atoms with Crippen molar-refractivity contribution in [3.8, 4) is 5.75 Å². The predicted molar refractivity (Wildman–Crippen MR) is 123 cm³/mol. The highest BCUT2D eigenvalue weighted by atomic mass is 32.2. The number of allylic oxidation sites excluding steroid dienone is 3. The number of carbonyl (C=O) groups is 1. The van der Waals surface area contributed by atoms with Crippen molar-refractivity contribution < 1.29 is 9.53 Å². The van der Waals surface area contributed by atoms with E-state index in [0.29, 0.717) is 19.0 Å². The van der Waals surface area contributed by atoms with Gasteiger partial charge in [-0.15, -0.1) is 10.2 Å². The molecule has 2 heterocycles. The van der Waals surface area contributed by atoms with Gasteiger partial charge in [-0.2, -0.15) is 4.99 Å². The second kappa shape index (κ2) is 9.01. The number of thioether (sulfide) groups is 1. The number of para-hydroxylation sites is 1. The molecule has 1 aliphatic heterocycles. The summed E-state index contributed by atoms with van der Waals surface area (Å²) >= 11 is 1.49. The zero-order chi connectivity index (χ0) is 22.0. The summed E-state index contributed by atoms with van der Waals surface area (Å²) in [5, 5.41) is 9.32. The van der Waals surface area contributed by atoms with Crippen LogP contribution in [0.1, 0.15) is 30.8 Å². The monoisotopic (exact) mass is 435 g/mol. The third-order valence-corrected chi connectivity index (χ3v) is 6.32. The molecular formula is C23H25N5O2S. The second-order valence-electron chi connectivity index (χ2n) is 7.48. The summed E-state index contributed by atoms with van der Waals surface area (Å²) in [5.41, 5.74) is 2.93. The Hall–Kier alpha value is -3.00. The first-order valence-corrected chi connectivity index (χ1v) is 11.2. The minimum Gasteiger partial charge on any atom is -0.485 e. The van der Waals surface area contributed by atoms with Crippen LogP contribution in [0.4, 0.5) is 0 Å². The Balaban J connectivity index is 1.49. The number of rotatable bonds is 7. The summed E-state index contributed by atoms with van der Waals surface area (Å²) in [7, 11) is 0. The van der Waals surface area contributed by atoms with E-state index in [4.69, 9.17) is 4.74 Å². The molecule has 1 aromatic carbocycles. The zero-order valence-corrected chi connectivity index (χ0v) is 18.9. The Morgan fingerprint density at radius 1 is 1.16 bits per heavy atom. The van der Waals surface area contributed by atoms with Crippen LogP contribution in [0, 0.1) is 19.8 Å². The van der Waals surface area contributed by atoms with Gasteiger partial charge >= 0.3 is 0 Å². The Kier molecular flexibility index (Phi) is 6.18. The maximum atomic E-state index is 12.4. The number of hydrogen-bond donors (Lipinski definition) is 0. The molecule has 1 amide bonds. The first-order valence-electron chi connectivity index (χ1n) is 10.3. The summed E-state index contributed by atoms with van der Waals surface area (Å²) in [6.45, 7) is 9.14. The van der Waals surface area contributed by atoms with Crippen LogP contribution in [0.15, 0.2) is 57.6 Å². The van der Waals surface area contributed by atoms with Crippen molar-refractivity contribution in [1.82, 2.24) is 14.8 Å². The SMILES string of the molecule is CCn1c(COc2c(C)cccc2C)nnc1SC(C)C1=NC(=O)C2C=CC=CC2=N1. The van der Waals surface area contributed by atoms with E-state index in [1.807, 2.05) is 74.8 Å². The van der Waals surface area contributed by atoms with Crippen LogP contribution in [0.3, 0.4) is 0 Å². The first-order chi connectivity index (χ1) is 15.0. The summed E-state index contributed by atoms with van der Waals surface area (Å²) in [6.07, 6.45) is 7.44. The molecule has 1 aliphatic carbocycles. The molecule has 2 aliphatic rings. The third kappa shape index (κ3) is 4.39. The van der Waals surface area contributed by atoms with Gasteiger partial charge in [-0.3, -0.25) is 4.79 Å². The lowest BCUT2D eigenvalue weighted by molar-refractivity contribution is -0.118. The molecule has 2 unspecified atom stereocenters. The Labute approximate surface area is 186 Å². The van der Waals surface area contributed by atoms with Gasteiger partial charge in [0.1, 0.15) is 24.1 Å². The van der Waals surface area contributed by atoms with E-state index in [1.54, 1.807) is 0 Å². The summed E-state index contributed by atoms with van der Waals surface area (Å²) < 4.78 is 8.09. The summed E-state index contributed by atoms with van der Waals surface area (Å²) in [5.74, 6) is 1.62. The lowest BCUT2D eigenvalue weighted by Gasteiger charge is -2.20. The van der Waals surface area contributed by atoms with Gasteiger partial charge in [0.15, 0.2) is 11.0 Å². The van der Waals surface area contributed by atoms with Crippen molar-refractivity contribution in [2.75, 3.05) is 0 Å². The van der Waals surface area contributed by atoms with Gasteiger partial charge in [0.25, 0.3) is 5.91 Å². The molecule has 0 fully saturated rings. The normalized spacial score (nSPS) is 18.5. The van der Waals surface area contributed by atoms with Crippen molar-refractivity contribution in [2.45, 2.75) is 51.3 Å². The predicted octanol–water partition coefficient (Wildman–Crippen LogP) is 4.10. The largest absolute Gasteiger partial charge is 0.485 e. The number of hydrogen-bond acceptors (Lipinski definition) is 6. The van der Waals surface area contributed by atoms with E-state index < -0.39 is 0 Å². The standard InChI is InChI=1S/C23H25N5O2S/c1-5-28-19(13-30-20-14(2)9-8-10-15(20)3)26-27-23(28)31-16(4)21-24-18-12-7-6-11-17(18)22(29)25-21/h6-12,16-17H,5,13H2,1-4H3. The number of amidine groups is 1. The minimum atomic E-state index is -0.362. The van der Waals surface area contributed by atoms with Crippen molar-refractivity contribution in [2.24, 2.45) is 15.9 Å². The average Bonchev–Trinajstić information content (AvgIpc) is 3.14. The van der Waals surface area contributed by atoms with Gasteiger partial charge in [0.2, 0.25) is 0 Å². The molecule has 2 aromatic rings. The molecule has 1 aromatic heterocycles. The van der Waals surface area contributed by atoms with Crippen molar-refractivity contribution in [1.29, 1.82) is 0 Å². The van der Waals surface area contributed by atoms with E-state index in [9.17, 15) is 4.79 Å². The highest BCUT2D eigenvalue weighted by Gasteiger charge is 2.29. The van der Waals surface area contributed by atoms with Crippen LogP contribution in [-0.2, 0) is 17.9 Å². The van der Waals surface area contributed by atoms with Crippen LogP contribution < -0.4 is 4.74 Å². The van der Waals surface area contributed by atoms with E-state index in [-0.39, 0.29) is 17.1 Å². The number of carbonyl (C=O) groups excluding carboxylic acids is 1. The van der Waals surface area contributed by atoms with E-state index >= 15 is 0 Å². The summed E-state index contributed by atoms with van der Waals surface area (Å²) in [6, 6.07) is 6.09. The molecule has 0 radical (unpaired) electrons. The Morgan fingerprint density at radius 2 is 1.94 bits per heavy atom. The van der Waals surface area contributed by atoms with Gasteiger partial charge in [0, 0.05) is 6.54 Å². The van der Waals surface area contributed by atoms with Crippen LogP contribution in [0.2, 0.25) is 0 Å². The number of amides is 1. The number of fused-ring (bicyclic) bond motifs is 1. The number of aryl methyl sites for hydroxylation is 2. The molecule has 0 N–H and O–H groups in total. The molecule has 0 spiro atoms. The van der Waals surface area contributed by atoms with Crippen molar-refractivity contribution >= 4 is 29.2 Å². The molecule has 7 nitrogen and oxygen atoms in total. The fourth-order valence-corrected chi connectivity index (χ4v) is 4.55. The maximum Gasteiger partial charge on any atom is 0.260 e. The first kappa shape index (κ1) is 21.2. The fraction of sp³-hybridized carbons (Fsp3) is 0.348. The van der Waals surface area contributed by atoms with Gasteiger partial charge in [-0.05, 0) is 44.9 Å². The zero-order valence-electron chi connectivity index (χ0n) is 18.1. The second-order valence-corrected chi connectivity index (χ2v) is 8.79. The maximum absolute atomic E-state index is 12.4. The van der Waals surface area contributed by atoms with E-state index in [1.165, 1.54) is 11.8 Å². The Morgan fingerprint density at radius 3 is 2.68 bits per heavy atom. The molecule has 8 heteroatoms. The highest BCUT2D eigenvalue weighted by Crippen LogP contribution is 2.28. The van der Waals surface area contributed by atoms with E-state index in [2.05, 4.69) is 20.2 Å². The van der Waals surface area contributed by atoms with Gasteiger partial charge in [-0.1, -0.05) is 48.2 Å². The summed E-state index contributed by atoms with van der Waals surface area (Å²) in [4.78, 5) is 21.2. The van der Waals surface area contributed by atoms with Crippen molar-refractivity contribution in [3.63, 3.8) is 0 Å². The molecule has 0 saturated heterocycles. The Bertz CT molecular complexity index is 1110. The lowest BCUT2D eigenvalue weighted by Crippen LogP contribution is -2.30. The average molecular weight is 436 g/mol. The molecule has 2 atom stereocenters. The van der Waals surface area contributed by atoms with Crippen LogP contribution in [0.25, 0.3) is 0 Å². The van der Waals surface area contributed by atoms with Crippen LogP contribution in [-0.4, -0.2) is 37.5 Å². The lowest BCUT2D eigenvalue weighted by atomic mass is 9.96. The van der Waals surface area contributed by atoms with Crippen LogP contribution >= 0.6 is 11.8 Å². The molecule has 0 saturated carbocycles. The number of benzene rings is 1. The van der Waals surface area contributed by atoms with Gasteiger partial charge in [-0.25, -0.2) is 4.99 Å². The molecular weight excluding hydrogens is 410 g/mol. The molecule has 31 heavy (non-hydrogen) atoms. The number of aliphatic imine (C=N–C) groups is 2. The molecule has 0 bridgehead atoms. The van der Waals surface area contributed by atoms with Crippen LogP contribution in [0.5, 0.6) is 5.75 Å². The minimum absolute atomic E-state index is 0.140. The van der Waals surface area contributed by atoms with Gasteiger partial charge in [0.05, 0.1) is 11.0 Å². The number of aromatic nitrogens is 3. The fourth-order valence-electron chi connectivity index (χ4n) is 3.57. The van der Waals surface area contributed by atoms with Gasteiger partial charge < -0.3 is 9.30 Å². The topological polar surface area (TPSA) is 81.7 Å². The molecule has 4 rings (SSSR count). The highest BCUT2D eigenvalue weighted by molar-refractivity contribution is 8.00. The van der Waals surface area contributed by atoms with Crippen molar-refractivity contribution in [3.05, 3.63) is 59.5 Å². The third-order valence-electron chi connectivity index (χ3n) is 5.24. The quantitative estimate of drug-likeness (QED) is 0.612. The van der Waals surface area contributed by atoms with E-state index in [0.717, 1.165) is 33.6 Å². The molecule has 160 valence electrons. The number of ether oxygens (including phenoxy) is 1. The smallest absolute Gasteiger partial charge is 0.260 e.